The monoisotopic (exact) mass is 147 g/mol. The van der Waals surface area contributed by atoms with Gasteiger partial charge in [0.15, 0.2) is 0 Å². The third-order valence-electron chi connectivity index (χ3n) is 1.56. The van der Waals surface area contributed by atoms with Gasteiger partial charge in [-0.2, -0.15) is 15.5 Å². The van der Waals surface area contributed by atoms with Gasteiger partial charge >= 0.3 is 0 Å². The molecule has 1 aliphatic rings. The largest absolute Gasteiger partial charge is 0.314 e. The highest BCUT2D eigenvalue weighted by atomic mass is 32.2. The fraction of sp³-hybridized carbons (Fsp3) is 0.833. The molecule has 1 aliphatic heterocycles. The molecule has 9 heavy (non-hydrogen) atoms. The van der Waals surface area contributed by atoms with Gasteiger partial charge in [-0.05, 0) is 6.92 Å². The lowest BCUT2D eigenvalue weighted by atomic mass is 10.6. The topological polar surface area (TPSA) is 23.5 Å². The van der Waals surface area contributed by atoms with Gasteiger partial charge in [0, 0.05) is 24.6 Å². The quantitative estimate of drug-likeness (QED) is 0.512. The number of rotatable bonds is 0. The lowest BCUT2D eigenvalue weighted by Crippen LogP contribution is -2.30. The van der Waals surface area contributed by atoms with Gasteiger partial charge in [0.2, 0.25) is 0 Å². The first kappa shape index (κ1) is 7.25. The van der Waals surface area contributed by atoms with Gasteiger partial charge in [-0.1, -0.05) is 5.37 Å². The van der Waals surface area contributed by atoms with Crippen LogP contribution in [-0.4, -0.2) is 40.2 Å². The second kappa shape index (κ2) is 3.34. The molecule has 3 heteroatoms. The predicted octanol–water partition coefficient (Wildman–Crippen LogP) is 0.782. The van der Waals surface area contributed by atoms with Crippen molar-refractivity contribution in [1.29, 1.82) is 0 Å². The Labute approximate surface area is 58.4 Å². The van der Waals surface area contributed by atoms with E-state index in [1.54, 1.807) is 0 Å². The van der Waals surface area contributed by atoms with Crippen LogP contribution in [0.4, 0.5) is 0 Å². The van der Waals surface area contributed by atoms with Crippen LogP contribution < -0.4 is 0 Å². The first-order valence-corrected chi connectivity index (χ1v) is 4.85. The average molecular weight is 147 g/mol. The SMILES string of the molecule is CC=S1CCN(O)CC1. The van der Waals surface area contributed by atoms with Gasteiger partial charge in [-0.3, -0.25) is 0 Å². The predicted molar refractivity (Wildman–Crippen MR) is 42.4 cm³/mol. The molecule has 0 radical (unpaired) electrons. The van der Waals surface area contributed by atoms with E-state index in [0.29, 0.717) is 10.5 Å². The minimum Gasteiger partial charge on any atom is -0.314 e. The van der Waals surface area contributed by atoms with Crippen molar-refractivity contribution < 1.29 is 5.21 Å². The van der Waals surface area contributed by atoms with Gasteiger partial charge in [-0.25, -0.2) is 0 Å². The molecule has 0 atom stereocenters. The molecule has 0 aromatic carbocycles. The van der Waals surface area contributed by atoms with Gasteiger partial charge in [0.25, 0.3) is 0 Å². The van der Waals surface area contributed by atoms with Crippen LogP contribution in [0.5, 0.6) is 0 Å². The Kier molecular flexibility index (Phi) is 2.69. The fourth-order valence-electron chi connectivity index (χ4n) is 0.895. The zero-order chi connectivity index (χ0) is 6.69. The summed E-state index contributed by atoms with van der Waals surface area (Å²) in [5, 5.41) is 12.6. The molecule has 1 rings (SSSR count). The molecule has 1 fully saturated rings. The summed E-state index contributed by atoms with van der Waals surface area (Å²) in [5.41, 5.74) is 0. The second-order valence-electron chi connectivity index (χ2n) is 2.14. The smallest absolute Gasteiger partial charge is 0.0324 e. The number of nitrogens with zero attached hydrogens (tertiary/aromatic N) is 1. The standard InChI is InChI=1S/C6H13NOS/c1-2-9-5-3-7(8)4-6-9/h2,8H,3-6H2,1H3. The maximum atomic E-state index is 8.95. The number of hydrogen-bond acceptors (Lipinski definition) is 2. The molecule has 0 aromatic heterocycles. The second-order valence-corrected chi connectivity index (χ2v) is 4.50. The molecular formula is C6H13NOS. The Morgan fingerprint density at radius 2 is 2.00 bits per heavy atom. The fourth-order valence-corrected chi connectivity index (χ4v) is 2.46. The normalized spacial score (nSPS) is 24.2. The summed E-state index contributed by atoms with van der Waals surface area (Å²) < 4.78 is 0. The van der Waals surface area contributed by atoms with Crippen LogP contribution >= 0.6 is 10.5 Å². The van der Waals surface area contributed by atoms with Crippen LogP contribution in [0.15, 0.2) is 0 Å². The van der Waals surface area contributed by atoms with Crippen molar-refractivity contribution in [3.05, 3.63) is 0 Å². The van der Waals surface area contributed by atoms with Crippen LogP contribution in [0.1, 0.15) is 6.92 Å². The molecule has 0 amide bonds. The van der Waals surface area contributed by atoms with E-state index in [1.165, 1.54) is 5.06 Å². The molecule has 2 nitrogen and oxygen atoms in total. The zero-order valence-electron chi connectivity index (χ0n) is 5.71. The van der Waals surface area contributed by atoms with Crippen molar-refractivity contribution in [2.24, 2.45) is 0 Å². The van der Waals surface area contributed by atoms with Crippen molar-refractivity contribution in [1.82, 2.24) is 5.06 Å². The van der Waals surface area contributed by atoms with E-state index < -0.39 is 0 Å². The van der Waals surface area contributed by atoms with Crippen LogP contribution in [0.25, 0.3) is 0 Å². The van der Waals surface area contributed by atoms with E-state index in [2.05, 4.69) is 12.3 Å². The zero-order valence-corrected chi connectivity index (χ0v) is 6.52. The minimum atomic E-state index is 0.501. The number of hydrogen-bond donors (Lipinski definition) is 1. The Balaban J connectivity index is 2.35. The summed E-state index contributed by atoms with van der Waals surface area (Å²) >= 11 is 0. The molecule has 0 aliphatic carbocycles. The van der Waals surface area contributed by atoms with Crippen LogP contribution in [-0.2, 0) is 0 Å². The molecule has 1 saturated heterocycles. The highest BCUT2D eigenvalue weighted by Crippen LogP contribution is 2.15. The molecule has 0 unspecified atom stereocenters. The summed E-state index contributed by atoms with van der Waals surface area (Å²) in [6, 6.07) is 0. The van der Waals surface area contributed by atoms with Gasteiger partial charge in [0.1, 0.15) is 0 Å². The third kappa shape index (κ3) is 2.08. The summed E-state index contributed by atoms with van der Waals surface area (Å²) in [6.07, 6.45) is 0. The first-order valence-electron chi connectivity index (χ1n) is 3.22. The van der Waals surface area contributed by atoms with Gasteiger partial charge in [0.05, 0.1) is 0 Å². The molecule has 1 heterocycles. The summed E-state index contributed by atoms with van der Waals surface area (Å²) in [5.74, 6) is 2.29. The summed E-state index contributed by atoms with van der Waals surface area (Å²) in [6.45, 7) is 3.82. The third-order valence-corrected chi connectivity index (χ3v) is 3.64. The highest BCUT2D eigenvalue weighted by Gasteiger charge is 2.08. The van der Waals surface area contributed by atoms with E-state index in [0.717, 1.165) is 24.6 Å². The molecule has 1 N–H and O–H groups in total. The summed E-state index contributed by atoms with van der Waals surface area (Å²) in [7, 11) is 0.501. The van der Waals surface area contributed by atoms with Gasteiger partial charge < -0.3 is 5.21 Å². The maximum absolute atomic E-state index is 8.95. The van der Waals surface area contributed by atoms with Crippen LogP contribution in [0, 0.1) is 0 Å². The Hall–Kier alpha value is 0.140. The lowest BCUT2D eigenvalue weighted by Gasteiger charge is -2.22. The van der Waals surface area contributed by atoms with Gasteiger partial charge in [-0.15, -0.1) is 0 Å². The van der Waals surface area contributed by atoms with Crippen LogP contribution in [0.3, 0.4) is 0 Å². The molecular weight excluding hydrogens is 134 g/mol. The molecule has 0 spiro atoms. The number of hydroxylamine groups is 2. The molecule has 54 valence electrons. The molecule has 0 saturated carbocycles. The van der Waals surface area contributed by atoms with E-state index in [4.69, 9.17) is 5.21 Å². The van der Waals surface area contributed by atoms with E-state index >= 15 is 0 Å². The van der Waals surface area contributed by atoms with Crippen LogP contribution in [0.2, 0.25) is 0 Å². The molecule has 0 aromatic rings. The first-order chi connectivity index (χ1) is 4.33. The van der Waals surface area contributed by atoms with Crippen molar-refractivity contribution in [3.63, 3.8) is 0 Å². The summed E-state index contributed by atoms with van der Waals surface area (Å²) in [4.78, 5) is 0. The minimum absolute atomic E-state index is 0.501. The van der Waals surface area contributed by atoms with E-state index in [1.807, 2.05) is 0 Å². The van der Waals surface area contributed by atoms with Crippen molar-refractivity contribution >= 4 is 15.9 Å². The average Bonchev–Trinajstić information content (AvgIpc) is 1.90. The maximum Gasteiger partial charge on any atom is 0.0324 e. The van der Waals surface area contributed by atoms with Crippen molar-refractivity contribution in [3.8, 4) is 0 Å². The lowest BCUT2D eigenvalue weighted by molar-refractivity contribution is -0.0815. The highest BCUT2D eigenvalue weighted by molar-refractivity contribution is 8.15. The molecule has 0 bridgehead atoms. The van der Waals surface area contributed by atoms with E-state index in [-0.39, 0.29) is 0 Å². The van der Waals surface area contributed by atoms with Crippen molar-refractivity contribution in [2.45, 2.75) is 6.92 Å². The van der Waals surface area contributed by atoms with Crippen molar-refractivity contribution in [2.75, 3.05) is 24.6 Å². The van der Waals surface area contributed by atoms with E-state index in [9.17, 15) is 0 Å². The Morgan fingerprint density at radius 3 is 2.44 bits per heavy atom. The Bertz CT molecular complexity index is 114. The Morgan fingerprint density at radius 1 is 1.44 bits per heavy atom.